The van der Waals surface area contributed by atoms with Crippen LogP contribution in [0.2, 0.25) is 5.28 Å². The normalized spacial score (nSPS) is 25.0. The average molecular weight is 410 g/mol. The van der Waals surface area contributed by atoms with Gasteiger partial charge < -0.3 is 10.1 Å². The maximum absolute atomic E-state index is 6.19. The summed E-state index contributed by atoms with van der Waals surface area (Å²) in [6.45, 7) is 10.4. The van der Waals surface area contributed by atoms with E-state index in [-0.39, 0.29) is 10.7 Å². The lowest BCUT2D eigenvalue weighted by Gasteiger charge is -2.39. The Morgan fingerprint density at radius 1 is 1.07 bits per heavy atom. The van der Waals surface area contributed by atoms with Crippen LogP contribution in [0.15, 0.2) is 0 Å². The van der Waals surface area contributed by atoms with Crippen molar-refractivity contribution in [3.05, 3.63) is 10.3 Å². The Morgan fingerprint density at radius 3 is 2.44 bits per heavy atom. The van der Waals surface area contributed by atoms with Crippen LogP contribution in [0.1, 0.15) is 51.5 Å². The van der Waals surface area contributed by atoms with Gasteiger partial charge in [-0.15, -0.1) is 0 Å². The molecule has 1 aliphatic carbocycles. The number of hydrogen-bond donors (Lipinski definition) is 1. The van der Waals surface area contributed by atoms with Crippen LogP contribution in [0.4, 0.5) is 5.82 Å². The third-order valence-corrected chi connectivity index (χ3v) is 7.02. The molecular weight excluding hydrogens is 382 g/mol. The number of ether oxygens (including phenoxy) is 1. The van der Waals surface area contributed by atoms with Gasteiger partial charge in [-0.1, -0.05) is 32.1 Å². The van der Waals surface area contributed by atoms with Gasteiger partial charge in [-0.2, -0.15) is 4.98 Å². The number of aromatic nitrogens is 3. The molecule has 0 unspecified atom stereocenters. The second-order valence-electron chi connectivity index (χ2n) is 8.56. The van der Waals surface area contributed by atoms with Gasteiger partial charge in [-0.25, -0.2) is 9.97 Å². The number of morpholine rings is 1. The summed E-state index contributed by atoms with van der Waals surface area (Å²) in [5.74, 6) is 0.784. The van der Waals surface area contributed by atoms with Gasteiger partial charge in [0.05, 0.1) is 13.2 Å². The van der Waals surface area contributed by atoms with Crippen LogP contribution >= 0.6 is 22.9 Å². The second-order valence-corrected chi connectivity index (χ2v) is 9.88. The molecule has 3 heterocycles. The third-order valence-electron chi connectivity index (χ3n) is 5.47. The summed E-state index contributed by atoms with van der Waals surface area (Å²) in [6, 6.07) is 1.10. The quantitative estimate of drug-likeness (QED) is 0.770. The van der Waals surface area contributed by atoms with Gasteiger partial charge in [0.15, 0.2) is 10.6 Å². The summed E-state index contributed by atoms with van der Waals surface area (Å²) in [6.07, 6.45) is 4.71. The predicted octanol–water partition coefficient (Wildman–Crippen LogP) is 4.09. The smallest absolute Gasteiger partial charge is 0.225 e. The van der Waals surface area contributed by atoms with E-state index in [0.717, 1.165) is 60.3 Å². The average Bonchev–Trinajstić information content (AvgIpc) is 3.08. The Hall–Kier alpha value is -1.02. The molecule has 0 radical (unpaired) electrons. The zero-order valence-electron chi connectivity index (χ0n) is 16.3. The standard InChI is InChI=1S/C19H28ClN5OS/c1-19(2,3)17-22-14-15(23-18(20)24-16(14)27-17)21-12-4-6-13(7-5-12)25-8-10-26-11-9-25/h12-13H,4-11H2,1-3H3,(H,21,23,24). The molecule has 1 aliphatic heterocycles. The lowest BCUT2D eigenvalue weighted by molar-refractivity contribution is 0.00791. The van der Waals surface area contributed by atoms with Crippen LogP contribution in [-0.4, -0.2) is 58.2 Å². The van der Waals surface area contributed by atoms with Crippen molar-refractivity contribution in [2.75, 3.05) is 31.6 Å². The monoisotopic (exact) mass is 409 g/mol. The molecule has 27 heavy (non-hydrogen) atoms. The van der Waals surface area contributed by atoms with Gasteiger partial charge in [-0.05, 0) is 37.3 Å². The molecule has 1 saturated carbocycles. The van der Waals surface area contributed by atoms with E-state index in [9.17, 15) is 0 Å². The molecule has 0 amide bonds. The summed E-state index contributed by atoms with van der Waals surface area (Å²) in [7, 11) is 0. The molecule has 148 valence electrons. The summed E-state index contributed by atoms with van der Waals surface area (Å²) < 4.78 is 5.48. The predicted molar refractivity (Wildman–Crippen MR) is 111 cm³/mol. The third kappa shape index (κ3) is 4.36. The molecule has 1 saturated heterocycles. The first-order valence-electron chi connectivity index (χ1n) is 9.83. The van der Waals surface area contributed by atoms with Crippen molar-refractivity contribution in [3.8, 4) is 0 Å². The van der Waals surface area contributed by atoms with E-state index in [1.165, 1.54) is 12.8 Å². The van der Waals surface area contributed by atoms with Crippen LogP contribution in [0.25, 0.3) is 10.3 Å². The van der Waals surface area contributed by atoms with Crippen molar-refractivity contribution in [2.24, 2.45) is 0 Å². The molecule has 0 atom stereocenters. The number of nitrogens with one attached hydrogen (secondary N) is 1. The number of halogens is 1. The number of fused-ring (bicyclic) bond motifs is 1. The van der Waals surface area contributed by atoms with E-state index in [1.54, 1.807) is 11.3 Å². The number of hydrogen-bond acceptors (Lipinski definition) is 7. The van der Waals surface area contributed by atoms with Gasteiger partial charge in [0.1, 0.15) is 10.5 Å². The maximum atomic E-state index is 6.19. The molecule has 1 N–H and O–H groups in total. The van der Waals surface area contributed by atoms with Crippen molar-refractivity contribution in [2.45, 2.75) is 64.0 Å². The van der Waals surface area contributed by atoms with Gasteiger partial charge >= 0.3 is 0 Å². The summed E-state index contributed by atoms with van der Waals surface area (Å²) in [5.41, 5.74) is 0.843. The van der Waals surface area contributed by atoms with Crippen LogP contribution in [0, 0.1) is 0 Å². The SMILES string of the molecule is CC(C)(C)c1nc2c(NC3CCC(N4CCOCC4)CC3)nc(Cl)nc2s1. The maximum Gasteiger partial charge on any atom is 0.225 e. The second kappa shape index (κ2) is 7.78. The van der Waals surface area contributed by atoms with E-state index in [4.69, 9.17) is 21.3 Å². The first kappa shape index (κ1) is 19.3. The fourth-order valence-electron chi connectivity index (χ4n) is 3.94. The van der Waals surface area contributed by atoms with Crippen LogP contribution < -0.4 is 5.32 Å². The van der Waals surface area contributed by atoms with Crippen molar-refractivity contribution in [1.82, 2.24) is 19.9 Å². The van der Waals surface area contributed by atoms with E-state index >= 15 is 0 Å². The molecule has 8 heteroatoms. The van der Waals surface area contributed by atoms with E-state index in [2.05, 4.69) is 41.0 Å². The summed E-state index contributed by atoms with van der Waals surface area (Å²) in [5, 5.41) is 4.97. The molecular formula is C19H28ClN5OS. The topological polar surface area (TPSA) is 63.2 Å². The molecule has 2 aliphatic rings. The number of nitrogens with zero attached hydrogens (tertiary/aromatic N) is 4. The highest BCUT2D eigenvalue weighted by atomic mass is 35.5. The van der Waals surface area contributed by atoms with E-state index in [0.29, 0.717) is 12.1 Å². The molecule has 2 aromatic heterocycles. The highest BCUT2D eigenvalue weighted by Crippen LogP contribution is 2.34. The van der Waals surface area contributed by atoms with Gasteiger partial charge in [0.25, 0.3) is 0 Å². The Labute approximate surface area is 169 Å². The summed E-state index contributed by atoms with van der Waals surface area (Å²) in [4.78, 5) is 17.1. The zero-order chi connectivity index (χ0) is 19.0. The van der Waals surface area contributed by atoms with Crippen molar-refractivity contribution >= 4 is 39.1 Å². The van der Waals surface area contributed by atoms with Gasteiger partial charge in [0, 0.05) is 30.6 Å². The molecule has 6 nitrogen and oxygen atoms in total. The minimum Gasteiger partial charge on any atom is -0.379 e. The fourth-order valence-corrected chi connectivity index (χ4v) is 5.16. The van der Waals surface area contributed by atoms with Crippen molar-refractivity contribution in [3.63, 3.8) is 0 Å². The Balaban J connectivity index is 1.46. The van der Waals surface area contributed by atoms with E-state index < -0.39 is 0 Å². The largest absolute Gasteiger partial charge is 0.379 e. The Kier molecular flexibility index (Phi) is 5.56. The van der Waals surface area contributed by atoms with E-state index in [1.807, 2.05) is 0 Å². The molecule has 4 rings (SSSR count). The number of thiazole rings is 1. The Bertz CT molecular complexity index is 791. The highest BCUT2D eigenvalue weighted by Gasteiger charge is 2.28. The Morgan fingerprint density at radius 2 is 1.78 bits per heavy atom. The zero-order valence-corrected chi connectivity index (χ0v) is 17.9. The molecule has 0 aromatic carbocycles. The molecule has 0 bridgehead atoms. The minimum absolute atomic E-state index is 0.00860. The van der Waals surface area contributed by atoms with Crippen molar-refractivity contribution < 1.29 is 4.74 Å². The summed E-state index contributed by atoms with van der Waals surface area (Å²) >= 11 is 7.80. The molecule has 2 fully saturated rings. The highest BCUT2D eigenvalue weighted by molar-refractivity contribution is 7.18. The number of rotatable bonds is 3. The first-order valence-corrected chi connectivity index (χ1v) is 11.0. The lowest BCUT2D eigenvalue weighted by atomic mass is 9.90. The van der Waals surface area contributed by atoms with Gasteiger partial charge in [-0.3, -0.25) is 4.90 Å². The van der Waals surface area contributed by atoms with Crippen molar-refractivity contribution in [1.29, 1.82) is 0 Å². The first-order chi connectivity index (χ1) is 12.9. The molecule has 0 spiro atoms. The van der Waals surface area contributed by atoms with Crippen LogP contribution in [0.3, 0.4) is 0 Å². The molecule has 2 aromatic rings. The lowest BCUT2D eigenvalue weighted by Crippen LogP contribution is -2.46. The number of anilines is 1. The van der Waals surface area contributed by atoms with Gasteiger partial charge in [0.2, 0.25) is 5.28 Å². The van der Waals surface area contributed by atoms with Crippen LogP contribution in [0.5, 0.6) is 0 Å². The fraction of sp³-hybridized carbons (Fsp3) is 0.737. The minimum atomic E-state index is -0.00860. The van der Waals surface area contributed by atoms with Crippen LogP contribution in [-0.2, 0) is 10.2 Å².